The van der Waals surface area contributed by atoms with Crippen molar-refractivity contribution in [2.75, 3.05) is 13.6 Å². The zero-order valence-corrected chi connectivity index (χ0v) is 12.6. The zero-order valence-electron chi connectivity index (χ0n) is 12.6. The first-order valence-electron chi connectivity index (χ1n) is 7.43. The average molecular weight is 296 g/mol. The second-order valence-corrected chi connectivity index (χ2v) is 5.47. The lowest BCUT2D eigenvalue weighted by Gasteiger charge is -2.21. The fourth-order valence-electron chi connectivity index (χ4n) is 2.58. The van der Waals surface area contributed by atoms with E-state index < -0.39 is 0 Å². The summed E-state index contributed by atoms with van der Waals surface area (Å²) in [5, 5.41) is 3.14. The van der Waals surface area contributed by atoms with E-state index in [9.17, 15) is 4.79 Å². The Labute approximate surface area is 130 Å². The van der Waals surface area contributed by atoms with Crippen molar-refractivity contribution in [1.82, 2.24) is 19.8 Å². The predicted octanol–water partition coefficient (Wildman–Crippen LogP) is 1.42. The molecule has 3 rings (SSSR count). The SMILES string of the molecule is CN(Cc1nccn1Cc1ccccc1)C(=O)C1C=CCN1. The van der Waals surface area contributed by atoms with Gasteiger partial charge in [-0.2, -0.15) is 0 Å². The van der Waals surface area contributed by atoms with Crippen molar-refractivity contribution in [3.05, 3.63) is 66.3 Å². The number of carbonyl (C=O) groups is 1. The van der Waals surface area contributed by atoms with E-state index in [0.717, 1.165) is 18.9 Å². The smallest absolute Gasteiger partial charge is 0.243 e. The number of rotatable bonds is 5. The maximum atomic E-state index is 12.3. The molecule has 2 aromatic rings. The lowest BCUT2D eigenvalue weighted by molar-refractivity contribution is -0.131. The van der Waals surface area contributed by atoms with Gasteiger partial charge in [0, 0.05) is 32.5 Å². The number of imidazole rings is 1. The summed E-state index contributed by atoms with van der Waals surface area (Å²) in [5.74, 6) is 0.963. The van der Waals surface area contributed by atoms with Gasteiger partial charge in [0.05, 0.1) is 6.54 Å². The molecule has 1 aliphatic heterocycles. The van der Waals surface area contributed by atoms with Crippen molar-refractivity contribution in [2.24, 2.45) is 0 Å². The molecule has 114 valence electrons. The number of amides is 1. The molecule has 0 fully saturated rings. The van der Waals surface area contributed by atoms with Crippen LogP contribution in [0.5, 0.6) is 0 Å². The number of likely N-dealkylation sites (N-methyl/N-ethyl adjacent to an activating group) is 1. The standard InChI is InChI=1S/C17H20N4O/c1-20(17(22)15-8-5-9-18-15)13-16-19-10-11-21(16)12-14-6-3-2-4-7-14/h2-8,10-11,15,18H,9,12-13H2,1H3. The number of hydrogen-bond donors (Lipinski definition) is 1. The summed E-state index contributed by atoms with van der Waals surface area (Å²) < 4.78 is 2.08. The van der Waals surface area contributed by atoms with Gasteiger partial charge in [-0.25, -0.2) is 4.98 Å². The molecule has 0 bridgehead atoms. The van der Waals surface area contributed by atoms with E-state index in [1.54, 1.807) is 11.1 Å². The minimum atomic E-state index is -0.206. The quantitative estimate of drug-likeness (QED) is 0.849. The number of hydrogen-bond acceptors (Lipinski definition) is 3. The normalized spacial score (nSPS) is 16.9. The highest BCUT2D eigenvalue weighted by atomic mass is 16.2. The van der Waals surface area contributed by atoms with Crippen LogP contribution in [0.4, 0.5) is 0 Å². The van der Waals surface area contributed by atoms with Gasteiger partial charge in [0.1, 0.15) is 11.9 Å². The third-order valence-corrected chi connectivity index (χ3v) is 3.80. The Morgan fingerprint density at radius 3 is 2.95 bits per heavy atom. The monoisotopic (exact) mass is 296 g/mol. The minimum absolute atomic E-state index is 0.0722. The first-order chi connectivity index (χ1) is 10.7. The van der Waals surface area contributed by atoms with E-state index in [1.165, 1.54) is 5.56 Å². The molecule has 1 aliphatic rings. The number of carbonyl (C=O) groups excluding carboxylic acids is 1. The Morgan fingerprint density at radius 2 is 2.23 bits per heavy atom. The van der Waals surface area contributed by atoms with Crippen LogP contribution in [-0.4, -0.2) is 40.0 Å². The van der Waals surface area contributed by atoms with Gasteiger partial charge < -0.3 is 9.47 Å². The summed E-state index contributed by atoms with van der Waals surface area (Å²) in [5.41, 5.74) is 1.22. The van der Waals surface area contributed by atoms with Crippen LogP contribution in [0.2, 0.25) is 0 Å². The molecule has 0 spiro atoms. The molecule has 0 radical (unpaired) electrons. The summed E-state index contributed by atoms with van der Waals surface area (Å²) in [6, 6.07) is 10.0. The van der Waals surface area contributed by atoms with Crippen LogP contribution in [-0.2, 0) is 17.9 Å². The molecule has 1 atom stereocenters. The Hall–Kier alpha value is -2.40. The number of nitrogens with zero attached hydrogens (tertiary/aromatic N) is 3. The summed E-state index contributed by atoms with van der Waals surface area (Å²) in [7, 11) is 1.82. The lowest BCUT2D eigenvalue weighted by Crippen LogP contribution is -2.41. The van der Waals surface area contributed by atoms with Crippen molar-refractivity contribution >= 4 is 5.91 Å². The van der Waals surface area contributed by atoms with Gasteiger partial charge in [-0.05, 0) is 5.56 Å². The lowest BCUT2D eigenvalue weighted by atomic mass is 10.2. The fraction of sp³-hybridized carbons (Fsp3) is 0.294. The third kappa shape index (κ3) is 3.26. The van der Waals surface area contributed by atoms with Gasteiger partial charge in [-0.3, -0.25) is 10.1 Å². The van der Waals surface area contributed by atoms with E-state index in [4.69, 9.17) is 0 Å². The van der Waals surface area contributed by atoms with Gasteiger partial charge in [-0.1, -0.05) is 42.5 Å². The van der Waals surface area contributed by atoms with Gasteiger partial charge in [-0.15, -0.1) is 0 Å². The first kappa shape index (κ1) is 14.5. The molecule has 1 N–H and O–H groups in total. The molecule has 1 aromatic carbocycles. The molecule has 0 aliphatic carbocycles. The molecule has 0 saturated heterocycles. The number of aromatic nitrogens is 2. The molecular weight excluding hydrogens is 276 g/mol. The van der Waals surface area contributed by atoms with Crippen LogP contribution >= 0.6 is 0 Å². The summed E-state index contributed by atoms with van der Waals surface area (Å²) in [4.78, 5) is 18.4. The fourth-order valence-corrected chi connectivity index (χ4v) is 2.58. The second kappa shape index (κ2) is 6.58. The van der Waals surface area contributed by atoms with E-state index in [2.05, 4.69) is 27.0 Å². The minimum Gasteiger partial charge on any atom is -0.337 e. The highest BCUT2D eigenvalue weighted by Crippen LogP contribution is 2.09. The molecular formula is C17H20N4O. The molecule has 1 unspecified atom stereocenters. The highest BCUT2D eigenvalue weighted by Gasteiger charge is 2.22. The van der Waals surface area contributed by atoms with Crippen molar-refractivity contribution in [2.45, 2.75) is 19.1 Å². The topological polar surface area (TPSA) is 50.2 Å². The third-order valence-electron chi connectivity index (χ3n) is 3.80. The van der Waals surface area contributed by atoms with E-state index in [-0.39, 0.29) is 11.9 Å². The Balaban J connectivity index is 1.67. The summed E-state index contributed by atoms with van der Waals surface area (Å²) in [6.07, 6.45) is 7.63. The maximum Gasteiger partial charge on any atom is 0.243 e. The molecule has 1 aromatic heterocycles. The van der Waals surface area contributed by atoms with Crippen LogP contribution in [0.3, 0.4) is 0 Å². The Morgan fingerprint density at radius 1 is 1.41 bits per heavy atom. The van der Waals surface area contributed by atoms with E-state index in [0.29, 0.717) is 6.54 Å². The van der Waals surface area contributed by atoms with Crippen molar-refractivity contribution in [3.8, 4) is 0 Å². The maximum absolute atomic E-state index is 12.3. The van der Waals surface area contributed by atoms with Crippen LogP contribution < -0.4 is 5.32 Å². The molecule has 5 nitrogen and oxygen atoms in total. The predicted molar refractivity (Wildman–Crippen MR) is 85.2 cm³/mol. The first-order valence-corrected chi connectivity index (χ1v) is 7.43. The van der Waals surface area contributed by atoms with Crippen molar-refractivity contribution < 1.29 is 4.79 Å². The Bertz CT molecular complexity index is 662. The molecule has 1 amide bonds. The summed E-state index contributed by atoms with van der Waals surface area (Å²) >= 11 is 0. The van der Waals surface area contributed by atoms with Crippen LogP contribution in [0.1, 0.15) is 11.4 Å². The van der Waals surface area contributed by atoms with E-state index >= 15 is 0 Å². The van der Waals surface area contributed by atoms with Crippen molar-refractivity contribution in [1.29, 1.82) is 0 Å². The summed E-state index contributed by atoms with van der Waals surface area (Å²) in [6.45, 7) is 2.03. The number of benzene rings is 1. The molecule has 2 heterocycles. The highest BCUT2D eigenvalue weighted by molar-refractivity contribution is 5.84. The van der Waals surface area contributed by atoms with Crippen LogP contribution in [0.25, 0.3) is 0 Å². The number of nitrogens with one attached hydrogen (secondary N) is 1. The molecule has 0 saturated carbocycles. The van der Waals surface area contributed by atoms with E-state index in [1.807, 2.05) is 43.6 Å². The molecule has 22 heavy (non-hydrogen) atoms. The average Bonchev–Trinajstić information content (AvgIpc) is 3.20. The van der Waals surface area contributed by atoms with Gasteiger partial charge in [0.2, 0.25) is 5.91 Å². The van der Waals surface area contributed by atoms with Crippen LogP contribution in [0, 0.1) is 0 Å². The van der Waals surface area contributed by atoms with Crippen molar-refractivity contribution in [3.63, 3.8) is 0 Å². The largest absolute Gasteiger partial charge is 0.337 e. The van der Waals surface area contributed by atoms with Crippen LogP contribution in [0.15, 0.2) is 54.9 Å². The van der Waals surface area contributed by atoms with Gasteiger partial charge in [0.15, 0.2) is 0 Å². The zero-order chi connectivity index (χ0) is 15.4. The molecule has 5 heteroatoms. The van der Waals surface area contributed by atoms with Gasteiger partial charge in [0.25, 0.3) is 0 Å². The second-order valence-electron chi connectivity index (χ2n) is 5.47. The van der Waals surface area contributed by atoms with Gasteiger partial charge >= 0.3 is 0 Å². The Kier molecular flexibility index (Phi) is 4.34.